The Morgan fingerprint density at radius 2 is 2.19 bits per heavy atom. The van der Waals surface area contributed by atoms with Crippen molar-refractivity contribution in [1.82, 2.24) is 9.78 Å². The molecule has 8 nitrogen and oxygen atoms in total. The second-order valence-corrected chi connectivity index (χ2v) is 8.19. The van der Waals surface area contributed by atoms with Gasteiger partial charge in [-0.3, -0.25) is 9.40 Å². The predicted octanol–water partition coefficient (Wildman–Crippen LogP) is 2.47. The number of aromatic nitrogens is 2. The molecule has 0 spiro atoms. The van der Waals surface area contributed by atoms with Crippen molar-refractivity contribution < 1.29 is 23.1 Å². The third-order valence-electron chi connectivity index (χ3n) is 4.35. The van der Waals surface area contributed by atoms with Gasteiger partial charge in [-0.15, -0.1) is 0 Å². The summed E-state index contributed by atoms with van der Waals surface area (Å²) in [5.74, 6) is -1.24. The second kappa shape index (κ2) is 7.08. The minimum absolute atomic E-state index is 0.0106. The zero-order valence-corrected chi connectivity index (χ0v) is 15.4. The summed E-state index contributed by atoms with van der Waals surface area (Å²) in [5.41, 5.74) is 0.619. The van der Waals surface area contributed by atoms with E-state index in [2.05, 4.69) is 9.82 Å². The van der Waals surface area contributed by atoms with Crippen LogP contribution in [-0.2, 0) is 14.8 Å². The molecule has 2 heterocycles. The topological polar surface area (TPSA) is 111 Å². The van der Waals surface area contributed by atoms with Gasteiger partial charge in [0.15, 0.2) is 0 Å². The Balaban J connectivity index is 1.96. The fraction of sp³-hybridized carbons (Fsp3) is 0.412. The molecule has 1 aliphatic rings. The van der Waals surface area contributed by atoms with Gasteiger partial charge in [-0.25, -0.2) is 13.2 Å². The third kappa shape index (κ3) is 3.58. The van der Waals surface area contributed by atoms with Gasteiger partial charge in [-0.2, -0.15) is 5.10 Å². The van der Waals surface area contributed by atoms with Crippen LogP contribution in [0.2, 0.25) is 0 Å². The van der Waals surface area contributed by atoms with E-state index in [4.69, 9.17) is 4.74 Å². The van der Waals surface area contributed by atoms with Crippen LogP contribution in [0.25, 0.3) is 0 Å². The largest absolute Gasteiger partial charge is 0.478 e. The van der Waals surface area contributed by atoms with Gasteiger partial charge in [-0.1, -0.05) is 26.0 Å². The summed E-state index contributed by atoms with van der Waals surface area (Å²) in [7, 11) is -3.97. The molecule has 9 heteroatoms. The van der Waals surface area contributed by atoms with Gasteiger partial charge >= 0.3 is 5.97 Å². The number of hydrogen-bond acceptors (Lipinski definition) is 5. The second-order valence-electron chi connectivity index (χ2n) is 6.51. The maximum absolute atomic E-state index is 12.8. The Labute approximate surface area is 151 Å². The molecule has 2 N–H and O–H groups in total. The number of carboxylic acids is 1. The summed E-state index contributed by atoms with van der Waals surface area (Å²) in [4.78, 5) is 11.5. The van der Waals surface area contributed by atoms with Crippen molar-refractivity contribution in [1.29, 1.82) is 0 Å². The quantitative estimate of drug-likeness (QED) is 0.798. The summed E-state index contributed by atoms with van der Waals surface area (Å²) >= 11 is 0. The van der Waals surface area contributed by atoms with E-state index in [9.17, 15) is 18.3 Å². The minimum atomic E-state index is -3.97. The van der Waals surface area contributed by atoms with Crippen LogP contribution in [-0.4, -0.2) is 42.5 Å². The summed E-state index contributed by atoms with van der Waals surface area (Å²) in [5, 5.41) is 13.5. The number of ether oxygens (including phenoxy) is 1. The minimum Gasteiger partial charge on any atom is -0.478 e. The lowest BCUT2D eigenvalue weighted by Gasteiger charge is -2.16. The molecule has 1 aromatic carbocycles. The molecule has 1 aromatic heterocycles. The monoisotopic (exact) mass is 379 g/mol. The van der Waals surface area contributed by atoms with Gasteiger partial charge in [-0.05, 0) is 24.0 Å². The Bertz CT molecular complexity index is 914. The van der Waals surface area contributed by atoms with E-state index in [0.29, 0.717) is 18.8 Å². The molecule has 1 unspecified atom stereocenters. The average molecular weight is 379 g/mol. The van der Waals surface area contributed by atoms with E-state index in [1.54, 1.807) is 16.8 Å². The number of rotatable bonds is 6. The highest BCUT2D eigenvalue weighted by Gasteiger charge is 2.25. The molecule has 1 saturated heterocycles. The summed E-state index contributed by atoms with van der Waals surface area (Å²) in [6.07, 6.45) is 3.48. The van der Waals surface area contributed by atoms with Crippen molar-refractivity contribution in [2.75, 3.05) is 17.9 Å². The Hall–Kier alpha value is -2.39. The van der Waals surface area contributed by atoms with Gasteiger partial charge < -0.3 is 9.84 Å². The fourth-order valence-electron chi connectivity index (χ4n) is 2.93. The third-order valence-corrected chi connectivity index (χ3v) is 5.66. The SMILES string of the molecule is CC(C)c1cccc(C(=O)O)c1NS(=O)(=O)c1cnn(C2CCOC2)c1. The van der Waals surface area contributed by atoms with Gasteiger partial charge in [0.25, 0.3) is 10.0 Å². The van der Waals surface area contributed by atoms with Gasteiger partial charge in [0.05, 0.1) is 30.1 Å². The van der Waals surface area contributed by atoms with E-state index in [0.717, 1.165) is 6.42 Å². The summed E-state index contributed by atoms with van der Waals surface area (Å²) < 4.78 is 34.9. The number of nitrogens with zero attached hydrogens (tertiary/aromatic N) is 2. The first-order chi connectivity index (χ1) is 12.3. The molecule has 0 bridgehead atoms. The van der Waals surface area contributed by atoms with Gasteiger partial charge in [0.1, 0.15) is 4.90 Å². The number of sulfonamides is 1. The number of nitrogens with one attached hydrogen (secondary N) is 1. The molecule has 0 aliphatic carbocycles. The number of aromatic carboxylic acids is 1. The number of anilines is 1. The van der Waals surface area contributed by atoms with E-state index < -0.39 is 16.0 Å². The number of hydrogen-bond donors (Lipinski definition) is 2. The Morgan fingerprint density at radius 3 is 2.81 bits per heavy atom. The zero-order valence-electron chi connectivity index (χ0n) is 14.5. The highest BCUT2D eigenvalue weighted by Crippen LogP contribution is 2.30. The molecular weight excluding hydrogens is 358 g/mol. The lowest BCUT2D eigenvalue weighted by Crippen LogP contribution is -2.17. The molecule has 1 aliphatic heterocycles. The molecule has 1 fully saturated rings. The number of carbonyl (C=O) groups is 1. The van der Waals surface area contributed by atoms with E-state index >= 15 is 0 Å². The van der Waals surface area contributed by atoms with Crippen LogP contribution in [0.15, 0.2) is 35.5 Å². The summed E-state index contributed by atoms with van der Waals surface area (Å²) in [6, 6.07) is 4.71. The van der Waals surface area contributed by atoms with Crippen molar-refractivity contribution in [2.24, 2.45) is 0 Å². The van der Waals surface area contributed by atoms with Crippen molar-refractivity contribution in [3.63, 3.8) is 0 Å². The Kier molecular flexibility index (Phi) is 5.01. The van der Waals surface area contributed by atoms with Crippen LogP contribution in [0, 0.1) is 0 Å². The van der Waals surface area contributed by atoms with Crippen molar-refractivity contribution in [3.05, 3.63) is 41.7 Å². The number of benzene rings is 1. The molecule has 0 amide bonds. The predicted molar refractivity (Wildman–Crippen MR) is 95.0 cm³/mol. The smallest absolute Gasteiger partial charge is 0.337 e. The molecule has 140 valence electrons. The van der Waals surface area contributed by atoms with Crippen molar-refractivity contribution >= 4 is 21.7 Å². The highest BCUT2D eigenvalue weighted by molar-refractivity contribution is 7.92. The number of carboxylic acid groups (broad SMARTS) is 1. The standard InChI is InChI=1S/C17H21N3O5S/c1-11(2)14-4-3-5-15(17(21)22)16(14)19-26(23,24)13-8-18-20(9-13)12-6-7-25-10-12/h3-5,8-9,11-12,19H,6-7,10H2,1-2H3,(H,21,22). The van der Waals surface area contributed by atoms with E-state index in [1.807, 2.05) is 13.8 Å². The normalized spacial score (nSPS) is 17.6. The zero-order chi connectivity index (χ0) is 18.9. The first-order valence-corrected chi connectivity index (χ1v) is 9.79. The van der Waals surface area contributed by atoms with Gasteiger partial charge in [0, 0.05) is 12.8 Å². The van der Waals surface area contributed by atoms with Crippen LogP contribution >= 0.6 is 0 Å². The molecule has 1 atom stereocenters. The van der Waals surface area contributed by atoms with Gasteiger partial charge in [0.2, 0.25) is 0 Å². The maximum Gasteiger partial charge on any atom is 0.337 e. The van der Waals surface area contributed by atoms with Crippen LogP contribution < -0.4 is 4.72 Å². The first kappa shape index (κ1) is 18.4. The molecular formula is C17H21N3O5S. The van der Waals surface area contributed by atoms with Crippen LogP contribution in [0.1, 0.15) is 48.1 Å². The summed E-state index contributed by atoms with van der Waals surface area (Å²) in [6.45, 7) is 4.86. The molecule has 2 aromatic rings. The van der Waals surface area contributed by atoms with E-state index in [1.165, 1.54) is 18.5 Å². The van der Waals surface area contributed by atoms with Crippen molar-refractivity contribution in [3.8, 4) is 0 Å². The van der Waals surface area contributed by atoms with Crippen LogP contribution in [0.3, 0.4) is 0 Å². The molecule has 26 heavy (non-hydrogen) atoms. The Morgan fingerprint density at radius 1 is 1.42 bits per heavy atom. The lowest BCUT2D eigenvalue weighted by atomic mass is 9.98. The van der Waals surface area contributed by atoms with Crippen LogP contribution in [0.4, 0.5) is 5.69 Å². The first-order valence-electron chi connectivity index (χ1n) is 8.30. The molecule has 3 rings (SSSR count). The number of para-hydroxylation sites is 1. The molecule has 0 saturated carbocycles. The van der Waals surface area contributed by atoms with E-state index in [-0.39, 0.29) is 28.1 Å². The average Bonchev–Trinajstić information content (AvgIpc) is 3.25. The van der Waals surface area contributed by atoms with Crippen LogP contribution in [0.5, 0.6) is 0 Å². The fourth-order valence-corrected chi connectivity index (χ4v) is 3.97. The maximum atomic E-state index is 12.8. The molecule has 0 radical (unpaired) electrons. The van der Waals surface area contributed by atoms with Crippen molar-refractivity contribution in [2.45, 2.75) is 37.1 Å². The highest BCUT2D eigenvalue weighted by atomic mass is 32.2. The lowest BCUT2D eigenvalue weighted by molar-refractivity contribution is 0.0698.